The van der Waals surface area contributed by atoms with Crippen molar-refractivity contribution >= 4 is 33.9 Å². The number of morpholine rings is 1. The summed E-state index contributed by atoms with van der Waals surface area (Å²) in [6.45, 7) is 2.52. The van der Waals surface area contributed by atoms with E-state index in [1.165, 1.54) is 31.7 Å². The third kappa shape index (κ3) is 5.36. The molecule has 35 heavy (non-hydrogen) atoms. The largest absolute Gasteiger partial charge is 0.507 e. The fourth-order valence-electron chi connectivity index (χ4n) is 3.90. The first-order valence-corrected chi connectivity index (χ1v) is 11.3. The minimum atomic E-state index is -1.45. The molecule has 0 unspecified atom stereocenters. The van der Waals surface area contributed by atoms with E-state index in [0.29, 0.717) is 46.2 Å². The number of nitrogens with zero attached hydrogens (tertiary/aromatic N) is 3. The van der Waals surface area contributed by atoms with Crippen molar-refractivity contribution in [1.29, 1.82) is 0 Å². The van der Waals surface area contributed by atoms with Gasteiger partial charge in [0.15, 0.2) is 18.5 Å². The van der Waals surface area contributed by atoms with Gasteiger partial charge in [-0.25, -0.2) is 19.0 Å². The van der Waals surface area contributed by atoms with Gasteiger partial charge in [0.25, 0.3) is 0 Å². The Hall–Kier alpha value is -3.29. The number of aliphatic imine (C=N–C) groups is 1. The van der Waals surface area contributed by atoms with Gasteiger partial charge in [0.05, 0.1) is 25.9 Å². The molecule has 1 saturated heterocycles. The zero-order valence-electron chi connectivity index (χ0n) is 18.8. The van der Waals surface area contributed by atoms with E-state index in [0.717, 1.165) is 0 Å². The molecule has 1 aromatic heterocycles. The quantitative estimate of drug-likeness (QED) is 0.514. The fourth-order valence-corrected chi connectivity index (χ4v) is 4.46. The van der Waals surface area contributed by atoms with Crippen LogP contribution in [0.15, 0.2) is 49.7 Å². The van der Waals surface area contributed by atoms with E-state index in [-0.39, 0.29) is 18.7 Å². The number of oxazole rings is 1. The van der Waals surface area contributed by atoms with Crippen LogP contribution in [-0.2, 0) is 19.0 Å². The molecule has 11 nitrogen and oxygen atoms in total. The maximum atomic E-state index is 13.8. The Morgan fingerprint density at radius 1 is 1.40 bits per heavy atom. The lowest BCUT2D eigenvalue weighted by Gasteiger charge is -2.36. The molecule has 2 aliphatic rings. The maximum Gasteiger partial charge on any atom is 0.507 e. The number of nitrogens with one attached hydrogen (secondary N) is 1. The number of esters is 1. The van der Waals surface area contributed by atoms with Crippen molar-refractivity contribution in [2.45, 2.75) is 19.2 Å². The Kier molecular flexibility index (Phi) is 7.48. The Morgan fingerprint density at radius 2 is 2.20 bits per heavy atom. The molecule has 1 aromatic carbocycles. The van der Waals surface area contributed by atoms with E-state index < -0.39 is 30.2 Å². The smallest absolute Gasteiger partial charge is 0.466 e. The first-order valence-electron chi connectivity index (χ1n) is 10.5. The Morgan fingerprint density at radius 3 is 2.86 bits per heavy atom. The number of benzene rings is 1. The van der Waals surface area contributed by atoms with Gasteiger partial charge in [-0.05, 0) is 24.6 Å². The molecule has 0 radical (unpaired) electrons. The summed E-state index contributed by atoms with van der Waals surface area (Å²) in [5.41, 5.74) is 1.51. The number of carbonyl (C=O) groups is 2. The van der Waals surface area contributed by atoms with Crippen molar-refractivity contribution in [3.63, 3.8) is 0 Å². The maximum absolute atomic E-state index is 13.8. The zero-order valence-corrected chi connectivity index (χ0v) is 20.4. The van der Waals surface area contributed by atoms with Crippen LogP contribution in [0.4, 0.5) is 9.18 Å². The molecule has 2 N–H and O–H groups in total. The molecule has 4 rings (SSSR count). The number of ether oxygens (including phenoxy) is 3. The molecule has 186 valence electrons. The lowest BCUT2D eigenvalue weighted by atomic mass is 9.95. The van der Waals surface area contributed by atoms with Crippen LogP contribution in [0.1, 0.15) is 23.1 Å². The molecule has 2 aromatic rings. The van der Waals surface area contributed by atoms with E-state index >= 15 is 0 Å². The van der Waals surface area contributed by atoms with Gasteiger partial charge < -0.3 is 29.1 Å². The molecule has 2 aliphatic heterocycles. The van der Waals surface area contributed by atoms with Crippen molar-refractivity contribution in [1.82, 2.24) is 15.2 Å². The van der Waals surface area contributed by atoms with Crippen molar-refractivity contribution < 1.29 is 37.7 Å². The average molecular weight is 553 g/mol. The summed E-state index contributed by atoms with van der Waals surface area (Å²) in [5, 5.41) is 12.3. The van der Waals surface area contributed by atoms with Crippen LogP contribution in [0.25, 0.3) is 0 Å². The summed E-state index contributed by atoms with van der Waals surface area (Å²) in [6.07, 6.45) is -1.06. The summed E-state index contributed by atoms with van der Waals surface area (Å²) in [5.74, 6) is -0.300. The highest BCUT2D eigenvalue weighted by atomic mass is 79.9. The third-order valence-electron chi connectivity index (χ3n) is 5.55. The van der Waals surface area contributed by atoms with E-state index in [9.17, 15) is 14.0 Å². The standard InChI is InChI=1S/C22H22BrFN4O7/c1-11-18(25-10-34-11)20-26-15(8-28-5-6-33-9-16(28)35-22(30)31)17(21(29)32-2)19(27-20)13-4-3-12(24)7-14(13)23/h3-4,7,10,16,19H,5-6,8-9H2,1-2H3,(H,26,27)(H,30,31)/t16-,19-/m0/s1. The van der Waals surface area contributed by atoms with Gasteiger partial charge >= 0.3 is 12.1 Å². The van der Waals surface area contributed by atoms with Crippen LogP contribution in [0.2, 0.25) is 0 Å². The average Bonchev–Trinajstić information content (AvgIpc) is 3.25. The number of carbonyl (C=O) groups excluding carboxylic acids is 1. The molecule has 0 bridgehead atoms. The molecule has 13 heteroatoms. The first kappa shape index (κ1) is 24.8. The lowest BCUT2D eigenvalue weighted by Crippen LogP contribution is -2.50. The summed E-state index contributed by atoms with van der Waals surface area (Å²) in [6, 6.07) is 3.19. The SMILES string of the molecule is COC(=O)C1=C(CN2CCOC[C@@H]2OC(=O)O)NC(c2ncoc2C)=N[C@H]1c1ccc(F)cc1Br. The van der Waals surface area contributed by atoms with Crippen molar-refractivity contribution in [3.05, 3.63) is 63.2 Å². The predicted molar refractivity (Wildman–Crippen MR) is 122 cm³/mol. The number of amidine groups is 1. The van der Waals surface area contributed by atoms with Gasteiger partial charge in [-0.2, -0.15) is 0 Å². The predicted octanol–water partition coefficient (Wildman–Crippen LogP) is 2.76. The number of halogens is 2. The number of hydrogen-bond donors (Lipinski definition) is 2. The number of aryl methyl sites for hydroxylation is 1. The molecule has 0 spiro atoms. The van der Waals surface area contributed by atoms with E-state index in [2.05, 4.69) is 26.2 Å². The molecular weight excluding hydrogens is 531 g/mol. The molecule has 0 amide bonds. The molecule has 1 fully saturated rings. The topological polar surface area (TPSA) is 136 Å². The van der Waals surface area contributed by atoms with Crippen molar-refractivity contribution in [2.24, 2.45) is 4.99 Å². The second-order valence-corrected chi connectivity index (χ2v) is 8.55. The van der Waals surface area contributed by atoms with Crippen molar-refractivity contribution in [3.8, 4) is 0 Å². The molecular formula is C22H22BrFN4O7. The van der Waals surface area contributed by atoms with E-state index in [1.54, 1.807) is 11.8 Å². The highest BCUT2D eigenvalue weighted by molar-refractivity contribution is 9.10. The number of aromatic nitrogens is 1. The van der Waals surface area contributed by atoms with E-state index in [4.69, 9.17) is 28.7 Å². The Balaban J connectivity index is 1.82. The molecule has 0 aliphatic carbocycles. The fraction of sp³-hybridized carbons (Fsp3) is 0.364. The normalized spacial score (nSPS) is 20.7. The highest BCUT2D eigenvalue weighted by Crippen LogP contribution is 2.37. The first-order chi connectivity index (χ1) is 16.8. The summed E-state index contributed by atoms with van der Waals surface area (Å²) >= 11 is 3.37. The number of rotatable bonds is 6. The molecule has 3 heterocycles. The Labute approximate surface area is 207 Å². The highest BCUT2D eigenvalue weighted by Gasteiger charge is 2.36. The van der Waals surface area contributed by atoms with Crippen LogP contribution < -0.4 is 5.32 Å². The van der Waals surface area contributed by atoms with E-state index in [1.807, 2.05) is 0 Å². The Bertz CT molecular complexity index is 1200. The molecule has 2 atom stereocenters. The minimum absolute atomic E-state index is 0.0312. The van der Waals surface area contributed by atoms with Gasteiger partial charge in [0.2, 0.25) is 0 Å². The zero-order chi connectivity index (χ0) is 25.1. The third-order valence-corrected chi connectivity index (χ3v) is 6.23. The van der Waals surface area contributed by atoms with Crippen LogP contribution in [0.5, 0.6) is 0 Å². The van der Waals surface area contributed by atoms with Crippen LogP contribution in [0.3, 0.4) is 0 Å². The number of carboxylic acid groups (broad SMARTS) is 1. The number of methoxy groups -OCH3 is 1. The monoisotopic (exact) mass is 552 g/mol. The summed E-state index contributed by atoms with van der Waals surface area (Å²) < 4.78 is 35.0. The second-order valence-electron chi connectivity index (χ2n) is 7.70. The van der Waals surface area contributed by atoms with Gasteiger partial charge in [-0.3, -0.25) is 9.89 Å². The molecule has 0 saturated carbocycles. The summed E-state index contributed by atoms with van der Waals surface area (Å²) in [4.78, 5) is 34.9. The van der Waals surface area contributed by atoms with Crippen molar-refractivity contribution in [2.75, 3.05) is 33.4 Å². The van der Waals surface area contributed by atoms with Crippen LogP contribution in [-0.4, -0.2) is 72.6 Å². The number of hydrogen-bond acceptors (Lipinski definition) is 10. The minimum Gasteiger partial charge on any atom is -0.466 e. The van der Waals surface area contributed by atoms with Gasteiger partial charge in [-0.1, -0.05) is 22.0 Å². The second kappa shape index (κ2) is 10.5. The van der Waals surface area contributed by atoms with Gasteiger partial charge in [0, 0.05) is 23.3 Å². The van der Waals surface area contributed by atoms with Crippen LogP contribution >= 0.6 is 15.9 Å². The summed E-state index contributed by atoms with van der Waals surface area (Å²) in [7, 11) is 1.25. The van der Waals surface area contributed by atoms with Gasteiger partial charge in [0.1, 0.15) is 23.3 Å². The van der Waals surface area contributed by atoms with Crippen LogP contribution in [0, 0.1) is 12.7 Å². The van der Waals surface area contributed by atoms with Gasteiger partial charge in [-0.15, -0.1) is 0 Å². The lowest BCUT2D eigenvalue weighted by molar-refractivity contribution is -0.136.